The second-order valence-corrected chi connectivity index (χ2v) is 22.3. The van der Waals surface area contributed by atoms with Gasteiger partial charge in [-0.15, -0.1) is 0 Å². The second kappa shape index (κ2) is 17.8. The van der Waals surface area contributed by atoms with Crippen LogP contribution in [0.15, 0.2) is 296 Å². The van der Waals surface area contributed by atoms with Gasteiger partial charge in [-0.1, -0.05) is 200 Å². The predicted octanol–water partition coefficient (Wildman–Crippen LogP) is 18.7. The summed E-state index contributed by atoms with van der Waals surface area (Å²) in [7, 11) is 0. The van der Waals surface area contributed by atoms with E-state index in [0.717, 1.165) is 78.1 Å². The Kier molecular flexibility index (Phi) is 9.86. The summed E-state index contributed by atoms with van der Waals surface area (Å²) >= 11 is 0. The molecule has 384 valence electrons. The average Bonchev–Trinajstić information content (AvgIpc) is 1.79. The van der Waals surface area contributed by atoms with Crippen LogP contribution in [0, 0.1) is 0 Å². The van der Waals surface area contributed by atoms with Crippen molar-refractivity contribution in [1.29, 1.82) is 0 Å². The first-order valence-corrected chi connectivity index (χ1v) is 28.7. The fraction of sp³-hybridized carbons (Fsp3) is 0. The third-order valence-corrected chi connectivity index (χ3v) is 17.8. The van der Waals surface area contributed by atoms with Crippen LogP contribution in [0.1, 0.15) is 0 Å². The first-order valence-electron chi connectivity index (χ1n) is 28.7. The Balaban J connectivity index is 1.00. The van der Waals surface area contributed by atoms with E-state index in [4.69, 9.17) is 4.42 Å². The van der Waals surface area contributed by atoms with Crippen molar-refractivity contribution in [3.05, 3.63) is 291 Å². The lowest BCUT2D eigenvalue weighted by Crippen LogP contribution is -2.60. The van der Waals surface area contributed by atoms with Crippen molar-refractivity contribution >= 4 is 106 Å². The highest BCUT2D eigenvalue weighted by atomic mass is 16.3. The number of hydrogen-bond acceptors (Lipinski definition) is 2. The van der Waals surface area contributed by atoms with Gasteiger partial charge in [-0.05, 0) is 157 Å². The smallest absolute Gasteiger partial charge is 0.253 e. The Labute approximate surface area is 479 Å². The number of hydrogen-bond donors (Lipinski definition) is 0. The summed E-state index contributed by atoms with van der Waals surface area (Å²) in [5, 5.41) is 7.12. The zero-order valence-electron chi connectivity index (χ0n) is 45.0. The molecule has 2 aliphatic rings. The maximum absolute atomic E-state index is 7.21. The number of nitrogens with zero attached hydrogens (tertiary/aromatic N) is 3. The molecule has 83 heavy (non-hydrogen) atoms. The molecular formula is C78H48BN3O. The van der Waals surface area contributed by atoms with Gasteiger partial charge in [0.1, 0.15) is 11.2 Å². The average molecular weight is 1050 g/mol. The minimum absolute atomic E-state index is 0.218. The Bertz CT molecular complexity index is 5260. The fourth-order valence-electron chi connectivity index (χ4n) is 14.3. The first-order chi connectivity index (χ1) is 41.2. The minimum atomic E-state index is -0.218. The SMILES string of the molecule is c1ccc(-c2cc(-c3ccccc3)cc(-c3ccccc3N3c4cc5c(cc4B4c6c3cc(-c3ccccc3)cc6-n3c6ccccc6c6cc7c(c4c63)c3ccccc3n7-c3ccccc3)oc3cc(-c4ccccc4)ccc35)c2)cc1. The first kappa shape index (κ1) is 45.9. The molecule has 0 unspecified atom stereocenters. The van der Waals surface area contributed by atoms with Crippen molar-refractivity contribution in [2.75, 3.05) is 4.90 Å². The highest BCUT2D eigenvalue weighted by Gasteiger charge is 2.45. The number of rotatable bonds is 7. The third-order valence-electron chi connectivity index (χ3n) is 17.8. The lowest BCUT2D eigenvalue weighted by Gasteiger charge is -2.41. The molecule has 4 nitrogen and oxygen atoms in total. The monoisotopic (exact) mass is 1050 g/mol. The van der Waals surface area contributed by atoms with Gasteiger partial charge in [0.2, 0.25) is 0 Å². The summed E-state index contributed by atoms with van der Waals surface area (Å²) < 4.78 is 12.3. The summed E-state index contributed by atoms with van der Waals surface area (Å²) in [6.45, 7) is -0.218. The van der Waals surface area contributed by atoms with Crippen molar-refractivity contribution < 1.29 is 4.42 Å². The molecule has 5 heteroatoms. The minimum Gasteiger partial charge on any atom is -0.456 e. The van der Waals surface area contributed by atoms with E-state index in [1.165, 1.54) is 87.9 Å². The van der Waals surface area contributed by atoms with E-state index in [1.807, 2.05) is 0 Å². The molecule has 0 spiro atoms. The Morgan fingerprint density at radius 3 is 1.48 bits per heavy atom. The maximum Gasteiger partial charge on any atom is 0.253 e. The molecule has 0 fully saturated rings. The van der Waals surface area contributed by atoms with Crippen LogP contribution in [0.3, 0.4) is 0 Å². The van der Waals surface area contributed by atoms with E-state index >= 15 is 0 Å². The normalized spacial score (nSPS) is 12.5. The van der Waals surface area contributed by atoms with Crippen LogP contribution >= 0.6 is 0 Å². The van der Waals surface area contributed by atoms with Gasteiger partial charge in [0.15, 0.2) is 0 Å². The molecule has 0 bridgehead atoms. The standard InChI is InChI=1S/C78H48BN3O/c1-6-22-49(23-7-1)53-38-39-61-63-46-69-65(48-74(63)83-73(61)45-53)79-76-71(81(69)66-35-19-16-32-59(66)57-41-54(50-24-8-2-9-25-50)40-55(42-57)51-26-10-3-11-27-51)43-56(52-28-12-4-13-29-52)44-72(76)82-67-36-20-17-33-60(67)64-47-70-75(77(79)78(64)82)62-34-18-21-37-68(62)80(70)58-30-14-5-15-31-58/h1-48H. The van der Waals surface area contributed by atoms with Crippen molar-refractivity contribution in [2.45, 2.75) is 0 Å². The van der Waals surface area contributed by atoms with E-state index in [1.54, 1.807) is 0 Å². The molecular weight excluding hydrogens is 1010 g/mol. The Morgan fingerprint density at radius 1 is 0.277 bits per heavy atom. The molecule has 5 heterocycles. The Hall–Kier alpha value is -10.9. The number of furan rings is 1. The van der Waals surface area contributed by atoms with Crippen molar-refractivity contribution in [1.82, 2.24) is 9.13 Å². The number of fused-ring (bicyclic) bond motifs is 14. The Morgan fingerprint density at radius 2 is 0.807 bits per heavy atom. The summed E-state index contributed by atoms with van der Waals surface area (Å²) in [5.41, 5.74) is 27.5. The van der Waals surface area contributed by atoms with Gasteiger partial charge < -0.3 is 18.5 Å². The molecule has 0 aliphatic carbocycles. The fourth-order valence-corrected chi connectivity index (χ4v) is 14.3. The van der Waals surface area contributed by atoms with E-state index in [9.17, 15) is 0 Å². The predicted molar refractivity (Wildman–Crippen MR) is 349 cm³/mol. The van der Waals surface area contributed by atoms with Gasteiger partial charge in [-0.2, -0.15) is 0 Å². The third kappa shape index (κ3) is 6.83. The second-order valence-electron chi connectivity index (χ2n) is 22.3. The van der Waals surface area contributed by atoms with Gasteiger partial charge in [0.25, 0.3) is 6.71 Å². The highest BCUT2D eigenvalue weighted by molar-refractivity contribution is 7.02. The van der Waals surface area contributed by atoms with Crippen LogP contribution in [0.25, 0.3) is 133 Å². The van der Waals surface area contributed by atoms with E-state index in [-0.39, 0.29) is 6.71 Å². The van der Waals surface area contributed by atoms with Crippen LogP contribution in [0.2, 0.25) is 0 Å². The quantitative estimate of drug-likeness (QED) is 0.149. The molecule has 0 saturated carbocycles. The zero-order valence-corrected chi connectivity index (χ0v) is 45.0. The molecule has 18 rings (SSSR count). The van der Waals surface area contributed by atoms with E-state index < -0.39 is 0 Å². The van der Waals surface area contributed by atoms with Gasteiger partial charge in [-0.25, -0.2) is 0 Å². The molecule has 16 aromatic rings. The molecule has 0 N–H and O–H groups in total. The summed E-state index contributed by atoms with van der Waals surface area (Å²) in [4.78, 5) is 2.61. The lowest BCUT2D eigenvalue weighted by atomic mass is 9.33. The molecule has 0 radical (unpaired) electrons. The molecule has 2 aliphatic heterocycles. The summed E-state index contributed by atoms with van der Waals surface area (Å²) in [6.07, 6.45) is 0. The largest absolute Gasteiger partial charge is 0.456 e. The van der Waals surface area contributed by atoms with Crippen molar-refractivity contribution in [3.63, 3.8) is 0 Å². The van der Waals surface area contributed by atoms with Crippen molar-refractivity contribution in [3.8, 4) is 67.0 Å². The van der Waals surface area contributed by atoms with Crippen LogP contribution < -0.4 is 21.3 Å². The van der Waals surface area contributed by atoms with Gasteiger partial charge in [0, 0.05) is 60.6 Å². The van der Waals surface area contributed by atoms with Gasteiger partial charge in [-0.3, -0.25) is 0 Å². The van der Waals surface area contributed by atoms with Gasteiger partial charge >= 0.3 is 0 Å². The summed E-state index contributed by atoms with van der Waals surface area (Å²) in [5.74, 6) is 0. The van der Waals surface area contributed by atoms with E-state index in [2.05, 4.69) is 305 Å². The van der Waals surface area contributed by atoms with Crippen LogP contribution in [0.5, 0.6) is 0 Å². The molecule has 0 amide bonds. The van der Waals surface area contributed by atoms with Crippen LogP contribution in [-0.4, -0.2) is 15.8 Å². The highest BCUT2D eigenvalue weighted by Crippen LogP contribution is 2.50. The topological polar surface area (TPSA) is 26.2 Å². The number of aromatic nitrogens is 2. The number of benzene rings is 13. The van der Waals surface area contributed by atoms with Crippen LogP contribution in [-0.2, 0) is 0 Å². The van der Waals surface area contributed by atoms with E-state index in [0.29, 0.717) is 0 Å². The molecule has 3 aromatic heterocycles. The van der Waals surface area contributed by atoms with Crippen LogP contribution in [0.4, 0.5) is 17.1 Å². The maximum atomic E-state index is 7.21. The molecule has 13 aromatic carbocycles. The zero-order chi connectivity index (χ0) is 54.3. The summed E-state index contributed by atoms with van der Waals surface area (Å²) in [6, 6.07) is 107. The van der Waals surface area contributed by atoms with Gasteiger partial charge in [0.05, 0.1) is 27.8 Å². The molecule has 0 saturated heterocycles. The number of para-hydroxylation sites is 4. The molecule has 0 atom stereocenters. The lowest BCUT2D eigenvalue weighted by molar-refractivity contribution is 0.669. The number of anilines is 3. The van der Waals surface area contributed by atoms with Crippen molar-refractivity contribution in [2.24, 2.45) is 0 Å².